The SMILES string of the molecule is CC1CN(c2ccc([N+](=O)[O-])cc2[N+](=O)[O-])CCN1.Cl. The molecular formula is C11H15ClN4O4. The number of halogens is 1. The summed E-state index contributed by atoms with van der Waals surface area (Å²) in [6.07, 6.45) is 0. The molecular weight excluding hydrogens is 288 g/mol. The largest absolute Gasteiger partial charge is 0.363 e. The van der Waals surface area contributed by atoms with Gasteiger partial charge in [-0.05, 0) is 13.0 Å². The second-order valence-electron chi connectivity index (χ2n) is 4.49. The van der Waals surface area contributed by atoms with Gasteiger partial charge in [0, 0.05) is 31.7 Å². The number of hydrogen-bond acceptors (Lipinski definition) is 6. The first-order chi connectivity index (χ1) is 8.99. The Morgan fingerprint density at radius 2 is 2.00 bits per heavy atom. The molecule has 1 aromatic rings. The quantitative estimate of drug-likeness (QED) is 0.674. The predicted molar refractivity (Wildman–Crippen MR) is 76.7 cm³/mol. The van der Waals surface area contributed by atoms with Gasteiger partial charge in [-0.25, -0.2) is 0 Å². The van der Waals surface area contributed by atoms with E-state index in [2.05, 4.69) is 5.32 Å². The molecule has 0 bridgehead atoms. The lowest BCUT2D eigenvalue weighted by atomic mass is 10.1. The maximum Gasteiger partial charge on any atom is 0.299 e. The van der Waals surface area contributed by atoms with Gasteiger partial charge < -0.3 is 10.2 Å². The maximum atomic E-state index is 11.1. The van der Waals surface area contributed by atoms with Gasteiger partial charge in [0.25, 0.3) is 11.4 Å². The highest BCUT2D eigenvalue weighted by molar-refractivity contribution is 5.85. The van der Waals surface area contributed by atoms with Gasteiger partial charge >= 0.3 is 0 Å². The molecule has 0 aromatic heterocycles. The number of rotatable bonds is 3. The molecule has 1 aromatic carbocycles. The topological polar surface area (TPSA) is 102 Å². The minimum atomic E-state index is -0.628. The van der Waals surface area contributed by atoms with Gasteiger partial charge in [-0.2, -0.15) is 0 Å². The molecule has 1 atom stereocenters. The van der Waals surface area contributed by atoms with Crippen LogP contribution in [0, 0.1) is 20.2 Å². The van der Waals surface area contributed by atoms with E-state index in [9.17, 15) is 20.2 Å². The molecule has 1 aliphatic heterocycles. The molecule has 0 aliphatic carbocycles. The van der Waals surface area contributed by atoms with Gasteiger partial charge in [0.05, 0.1) is 15.9 Å². The molecule has 0 amide bonds. The molecule has 1 unspecified atom stereocenters. The van der Waals surface area contributed by atoms with Crippen LogP contribution in [0.1, 0.15) is 6.92 Å². The summed E-state index contributed by atoms with van der Waals surface area (Å²) in [4.78, 5) is 22.4. The van der Waals surface area contributed by atoms with Crippen molar-refractivity contribution < 1.29 is 9.85 Å². The lowest BCUT2D eigenvalue weighted by molar-refractivity contribution is -0.393. The summed E-state index contributed by atoms with van der Waals surface area (Å²) in [7, 11) is 0. The standard InChI is InChI=1S/C11H14N4O4.ClH/c1-8-7-13(5-4-12-8)10-3-2-9(14(16)17)6-11(10)15(18)19;/h2-3,6,8,12H,4-5,7H2,1H3;1H. The predicted octanol–water partition coefficient (Wildman–Crippen LogP) is 1.72. The van der Waals surface area contributed by atoms with Crippen molar-refractivity contribution in [2.45, 2.75) is 13.0 Å². The number of non-ortho nitro benzene ring substituents is 1. The van der Waals surface area contributed by atoms with Crippen LogP contribution in [0.25, 0.3) is 0 Å². The Bertz CT molecular complexity index is 525. The van der Waals surface area contributed by atoms with Gasteiger partial charge in [-0.15, -0.1) is 12.4 Å². The summed E-state index contributed by atoms with van der Waals surface area (Å²) in [6, 6.07) is 3.99. The number of nitrogens with zero attached hydrogens (tertiary/aromatic N) is 3. The van der Waals surface area contributed by atoms with E-state index in [1.165, 1.54) is 12.1 Å². The minimum Gasteiger partial charge on any atom is -0.363 e. The van der Waals surface area contributed by atoms with Crippen LogP contribution >= 0.6 is 12.4 Å². The zero-order valence-corrected chi connectivity index (χ0v) is 11.6. The second kappa shape index (κ2) is 6.49. The first kappa shape index (κ1) is 16.1. The van der Waals surface area contributed by atoms with E-state index in [4.69, 9.17) is 0 Å². The second-order valence-corrected chi connectivity index (χ2v) is 4.49. The third-order valence-corrected chi connectivity index (χ3v) is 3.08. The highest BCUT2D eigenvalue weighted by atomic mass is 35.5. The monoisotopic (exact) mass is 302 g/mol. The Labute approximate surface area is 121 Å². The molecule has 8 nitrogen and oxygen atoms in total. The molecule has 1 fully saturated rings. The van der Waals surface area contributed by atoms with E-state index >= 15 is 0 Å². The Kier molecular flexibility index (Phi) is 5.23. The van der Waals surface area contributed by atoms with Crippen molar-refractivity contribution in [1.82, 2.24) is 5.32 Å². The molecule has 9 heteroatoms. The van der Waals surface area contributed by atoms with Crippen molar-refractivity contribution in [2.75, 3.05) is 24.5 Å². The highest BCUT2D eigenvalue weighted by Gasteiger charge is 2.25. The number of nitro benzene ring substituents is 2. The number of anilines is 1. The zero-order valence-electron chi connectivity index (χ0n) is 10.8. The average Bonchev–Trinajstić information content (AvgIpc) is 2.37. The van der Waals surface area contributed by atoms with Gasteiger partial charge in [0.15, 0.2) is 0 Å². The fourth-order valence-corrected chi connectivity index (χ4v) is 2.19. The zero-order chi connectivity index (χ0) is 14.0. The summed E-state index contributed by atoms with van der Waals surface area (Å²) in [5.41, 5.74) is -0.0501. The maximum absolute atomic E-state index is 11.1. The Morgan fingerprint density at radius 1 is 1.30 bits per heavy atom. The first-order valence-corrected chi connectivity index (χ1v) is 5.90. The van der Waals surface area contributed by atoms with Crippen molar-refractivity contribution in [3.8, 4) is 0 Å². The summed E-state index contributed by atoms with van der Waals surface area (Å²) in [5, 5.41) is 25.0. The van der Waals surface area contributed by atoms with Crippen molar-refractivity contribution in [3.05, 3.63) is 38.4 Å². The van der Waals surface area contributed by atoms with Gasteiger partial charge in [0.1, 0.15) is 5.69 Å². The Morgan fingerprint density at radius 3 is 2.55 bits per heavy atom. The molecule has 20 heavy (non-hydrogen) atoms. The minimum absolute atomic E-state index is 0. The van der Waals surface area contributed by atoms with E-state index in [1.807, 2.05) is 11.8 Å². The summed E-state index contributed by atoms with van der Waals surface area (Å²) in [5.74, 6) is 0. The summed E-state index contributed by atoms with van der Waals surface area (Å²) in [6.45, 7) is 4.00. The van der Waals surface area contributed by atoms with Crippen LogP contribution in [-0.4, -0.2) is 35.5 Å². The fraction of sp³-hybridized carbons (Fsp3) is 0.455. The Hall–Kier alpha value is -1.93. The van der Waals surface area contributed by atoms with E-state index in [-0.39, 0.29) is 29.8 Å². The number of nitro groups is 2. The fourth-order valence-electron chi connectivity index (χ4n) is 2.19. The molecule has 1 heterocycles. The Balaban J connectivity index is 0.00000200. The van der Waals surface area contributed by atoms with Crippen LogP contribution in [0.5, 0.6) is 0 Å². The van der Waals surface area contributed by atoms with Crippen molar-refractivity contribution in [2.24, 2.45) is 0 Å². The summed E-state index contributed by atoms with van der Waals surface area (Å²) >= 11 is 0. The lowest BCUT2D eigenvalue weighted by Gasteiger charge is -2.33. The average molecular weight is 303 g/mol. The molecule has 0 spiro atoms. The molecule has 1 N–H and O–H groups in total. The number of benzene rings is 1. The van der Waals surface area contributed by atoms with Crippen LogP contribution in [0.3, 0.4) is 0 Å². The van der Waals surface area contributed by atoms with Crippen LogP contribution in [-0.2, 0) is 0 Å². The van der Waals surface area contributed by atoms with Gasteiger partial charge in [-0.1, -0.05) is 0 Å². The van der Waals surface area contributed by atoms with E-state index in [0.29, 0.717) is 18.8 Å². The third kappa shape index (κ3) is 3.34. The molecule has 110 valence electrons. The van der Waals surface area contributed by atoms with E-state index < -0.39 is 9.85 Å². The number of nitrogens with one attached hydrogen (secondary N) is 1. The number of piperazine rings is 1. The van der Waals surface area contributed by atoms with Crippen molar-refractivity contribution in [3.63, 3.8) is 0 Å². The molecule has 0 radical (unpaired) electrons. The van der Waals surface area contributed by atoms with Crippen LogP contribution in [0.4, 0.5) is 17.1 Å². The molecule has 0 saturated carbocycles. The highest BCUT2D eigenvalue weighted by Crippen LogP contribution is 2.32. The number of hydrogen-bond donors (Lipinski definition) is 1. The van der Waals surface area contributed by atoms with Crippen molar-refractivity contribution in [1.29, 1.82) is 0 Å². The third-order valence-electron chi connectivity index (χ3n) is 3.08. The van der Waals surface area contributed by atoms with E-state index in [0.717, 1.165) is 12.6 Å². The molecule has 1 aliphatic rings. The molecule has 1 saturated heterocycles. The lowest BCUT2D eigenvalue weighted by Crippen LogP contribution is -2.49. The van der Waals surface area contributed by atoms with Crippen LogP contribution in [0.2, 0.25) is 0 Å². The normalized spacial score (nSPS) is 18.2. The van der Waals surface area contributed by atoms with Crippen LogP contribution in [0.15, 0.2) is 18.2 Å². The first-order valence-electron chi connectivity index (χ1n) is 5.90. The van der Waals surface area contributed by atoms with Gasteiger partial charge in [-0.3, -0.25) is 20.2 Å². The van der Waals surface area contributed by atoms with Crippen LogP contribution < -0.4 is 10.2 Å². The summed E-state index contributed by atoms with van der Waals surface area (Å²) < 4.78 is 0. The van der Waals surface area contributed by atoms with Crippen molar-refractivity contribution >= 4 is 29.5 Å². The van der Waals surface area contributed by atoms with Gasteiger partial charge in [0.2, 0.25) is 0 Å². The van der Waals surface area contributed by atoms with E-state index in [1.54, 1.807) is 0 Å². The smallest absolute Gasteiger partial charge is 0.299 e. The molecule has 2 rings (SSSR count).